The summed E-state index contributed by atoms with van der Waals surface area (Å²) < 4.78 is 5.58. The van der Waals surface area contributed by atoms with Crippen LogP contribution >= 0.6 is 0 Å². The molecule has 0 aliphatic heterocycles. The third kappa shape index (κ3) is 4.19. The van der Waals surface area contributed by atoms with Crippen molar-refractivity contribution in [3.05, 3.63) is 102 Å². The highest BCUT2D eigenvalue weighted by molar-refractivity contribution is 5.86. The van der Waals surface area contributed by atoms with Crippen molar-refractivity contribution in [1.29, 1.82) is 0 Å². The predicted octanol–water partition coefficient (Wildman–Crippen LogP) is 5.05. The quantitative estimate of drug-likeness (QED) is 0.457. The Labute approximate surface area is 175 Å². The lowest BCUT2D eigenvalue weighted by molar-refractivity contribution is -0.139. The van der Waals surface area contributed by atoms with E-state index in [4.69, 9.17) is 9.84 Å². The van der Waals surface area contributed by atoms with Crippen LogP contribution in [0, 0.1) is 0 Å². The van der Waals surface area contributed by atoms with E-state index in [2.05, 4.69) is 24.3 Å². The molecule has 0 bridgehead atoms. The van der Waals surface area contributed by atoms with E-state index in [9.17, 15) is 9.90 Å². The molecule has 0 unspecified atom stereocenters. The molecule has 0 heterocycles. The van der Waals surface area contributed by atoms with E-state index in [1.54, 1.807) is 0 Å². The van der Waals surface area contributed by atoms with Crippen LogP contribution in [0.2, 0.25) is 0 Å². The summed E-state index contributed by atoms with van der Waals surface area (Å²) in [6.07, 6.45) is 0.603. The van der Waals surface area contributed by atoms with Gasteiger partial charge in [0.25, 0.3) is 0 Å². The summed E-state index contributed by atoms with van der Waals surface area (Å²) in [5.41, 5.74) is 4.79. The maximum Gasteiger partial charge on any atom is 0.341 e. The fourth-order valence-electron chi connectivity index (χ4n) is 3.76. The van der Waals surface area contributed by atoms with Crippen LogP contribution in [0.5, 0.6) is 5.75 Å². The van der Waals surface area contributed by atoms with E-state index in [1.165, 1.54) is 0 Å². The lowest BCUT2D eigenvalue weighted by atomic mass is 9.94. The molecule has 0 aliphatic carbocycles. The van der Waals surface area contributed by atoms with E-state index in [0.717, 1.165) is 38.6 Å². The first-order valence-corrected chi connectivity index (χ1v) is 9.79. The fraction of sp³-hybridized carbons (Fsp3) is 0.115. The summed E-state index contributed by atoms with van der Waals surface area (Å²) in [6, 6.07) is 27.8. The average molecular weight is 398 g/mol. The van der Waals surface area contributed by atoms with Crippen LogP contribution in [-0.4, -0.2) is 22.8 Å². The molecule has 0 fully saturated rings. The smallest absolute Gasteiger partial charge is 0.341 e. The van der Waals surface area contributed by atoms with Gasteiger partial charge in [-0.25, -0.2) is 4.79 Å². The molecule has 0 aromatic heterocycles. The zero-order chi connectivity index (χ0) is 20.9. The molecule has 4 aromatic carbocycles. The Bertz CT molecular complexity index is 1190. The minimum Gasteiger partial charge on any atom is -0.482 e. The Morgan fingerprint density at radius 3 is 2.37 bits per heavy atom. The summed E-state index contributed by atoms with van der Waals surface area (Å²) in [5.74, 6) is -0.462. The van der Waals surface area contributed by atoms with Gasteiger partial charge in [-0.2, -0.15) is 0 Å². The second kappa shape index (κ2) is 8.80. The van der Waals surface area contributed by atoms with Gasteiger partial charge in [-0.1, -0.05) is 72.8 Å². The van der Waals surface area contributed by atoms with E-state index < -0.39 is 12.6 Å². The summed E-state index contributed by atoms with van der Waals surface area (Å²) in [6.45, 7) is -0.443. The number of hydrogen-bond acceptors (Lipinski definition) is 3. The van der Waals surface area contributed by atoms with Gasteiger partial charge < -0.3 is 14.9 Å². The molecular formula is C26H22O4. The van der Waals surface area contributed by atoms with Gasteiger partial charge in [0.1, 0.15) is 5.75 Å². The fourth-order valence-corrected chi connectivity index (χ4v) is 3.76. The SMILES string of the molecule is O=C(O)COc1ccc(-c2ccccc2CO)cc1Cc1cccc2ccccc12. The standard InChI is InChI=1S/C26H22O4/c27-16-21-7-2-4-11-24(21)20-12-13-25(30-17-26(28)29)22(15-20)14-19-9-5-8-18-6-1-3-10-23(18)19/h1-13,15,27H,14,16-17H2,(H,28,29). The molecule has 4 heteroatoms. The van der Waals surface area contributed by atoms with E-state index in [0.29, 0.717) is 12.2 Å². The van der Waals surface area contributed by atoms with Crippen molar-refractivity contribution >= 4 is 16.7 Å². The molecule has 4 aromatic rings. The average Bonchev–Trinajstić information content (AvgIpc) is 2.78. The van der Waals surface area contributed by atoms with Gasteiger partial charge in [-0.05, 0) is 50.7 Å². The minimum absolute atomic E-state index is 0.0495. The number of aliphatic carboxylic acids is 1. The molecule has 0 spiro atoms. The molecule has 0 aliphatic rings. The number of aliphatic hydroxyl groups excluding tert-OH is 1. The van der Waals surface area contributed by atoms with Gasteiger partial charge in [0.15, 0.2) is 6.61 Å². The third-order valence-electron chi connectivity index (χ3n) is 5.17. The van der Waals surface area contributed by atoms with E-state index in [1.807, 2.05) is 60.7 Å². The Hall–Kier alpha value is -3.63. The summed E-state index contributed by atoms with van der Waals surface area (Å²) >= 11 is 0. The van der Waals surface area contributed by atoms with Crippen LogP contribution in [0.15, 0.2) is 84.9 Å². The molecule has 0 amide bonds. The predicted molar refractivity (Wildman–Crippen MR) is 118 cm³/mol. The Morgan fingerprint density at radius 1 is 0.800 bits per heavy atom. The van der Waals surface area contributed by atoms with Crippen molar-refractivity contribution < 1.29 is 19.7 Å². The number of fused-ring (bicyclic) bond motifs is 1. The van der Waals surface area contributed by atoms with Crippen LogP contribution in [0.25, 0.3) is 21.9 Å². The Morgan fingerprint density at radius 2 is 1.53 bits per heavy atom. The molecule has 4 nitrogen and oxygen atoms in total. The number of ether oxygens (including phenoxy) is 1. The van der Waals surface area contributed by atoms with Crippen molar-refractivity contribution in [1.82, 2.24) is 0 Å². The van der Waals surface area contributed by atoms with Crippen LogP contribution < -0.4 is 4.74 Å². The maximum atomic E-state index is 11.0. The number of carboxylic acids is 1. The largest absolute Gasteiger partial charge is 0.482 e. The van der Waals surface area contributed by atoms with Gasteiger partial charge in [-0.3, -0.25) is 0 Å². The van der Waals surface area contributed by atoms with Gasteiger partial charge in [0.2, 0.25) is 0 Å². The second-order valence-electron chi connectivity index (χ2n) is 7.14. The van der Waals surface area contributed by atoms with Crippen molar-refractivity contribution in [3.8, 4) is 16.9 Å². The number of rotatable bonds is 7. The molecule has 0 atom stereocenters. The zero-order valence-corrected chi connectivity index (χ0v) is 16.4. The first-order valence-electron chi connectivity index (χ1n) is 9.79. The number of hydrogen-bond donors (Lipinski definition) is 2. The summed E-state index contributed by atoms with van der Waals surface area (Å²) in [7, 11) is 0. The topological polar surface area (TPSA) is 66.8 Å². The van der Waals surface area contributed by atoms with E-state index in [-0.39, 0.29) is 6.61 Å². The number of benzene rings is 4. The number of aliphatic hydroxyl groups is 1. The van der Waals surface area contributed by atoms with Crippen molar-refractivity contribution in [2.75, 3.05) is 6.61 Å². The highest BCUT2D eigenvalue weighted by Gasteiger charge is 2.12. The first-order chi connectivity index (χ1) is 14.7. The molecule has 30 heavy (non-hydrogen) atoms. The van der Waals surface area contributed by atoms with Crippen LogP contribution in [0.3, 0.4) is 0 Å². The number of carboxylic acid groups (broad SMARTS) is 1. The summed E-state index contributed by atoms with van der Waals surface area (Å²) in [4.78, 5) is 11.0. The molecule has 0 radical (unpaired) electrons. The van der Waals surface area contributed by atoms with Crippen molar-refractivity contribution in [2.24, 2.45) is 0 Å². The normalized spacial score (nSPS) is 10.8. The van der Waals surface area contributed by atoms with Gasteiger partial charge >= 0.3 is 5.97 Å². The van der Waals surface area contributed by atoms with Crippen molar-refractivity contribution in [3.63, 3.8) is 0 Å². The Kier molecular flexibility index (Phi) is 5.77. The Balaban J connectivity index is 1.79. The second-order valence-corrected chi connectivity index (χ2v) is 7.14. The lowest BCUT2D eigenvalue weighted by Gasteiger charge is -2.15. The van der Waals surface area contributed by atoms with E-state index >= 15 is 0 Å². The molecule has 0 saturated carbocycles. The number of carbonyl (C=O) groups is 1. The van der Waals surface area contributed by atoms with Crippen LogP contribution in [0.1, 0.15) is 16.7 Å². The zero-order valence-electron chi connectivity index (χ0n) is 16.4. The highest BCUT2D eigenvalue weighted by atomic mass is 16.5. The molecule has 0 saturated heterocycles. The van der Waals surface area contributed by atoms with Crippen LogP contribution in [-0.2, 0) is 17.8 Å². The van der Waals surface area contributed by atoms with Crippen molar-refractivity contribution in [2.45, 2.75) is 13.0 Å². The van der Waals surface area contributed by atoms with Gasteiger partial charge in [0, 0.05) is 6.42 Å². The molecule has 150 valence electrons. The van der Waals surface area contributed by atoms with Gasteiger partial charge in [-0.15, -0.1) is 0 Å². The maximum absolute atomic E-state index is 11.0. The summed E-state index contributed by atoms with van der Waals surface area (Å²) in [5, 5.41) is 21.1. The molecule has 4 rings (SSSR count). The molecule has 2 N–H and O–H groups in total. The monoisotopic (exact) mass is 398 g/mol. The molecular weight excluding hydrogens is 376 g/mol. The van der Waals surface area contributed by atoms with Crippen LogP contribution in [0.4, 0.5) is 0 Å². The third-order valence-corrected chi connectivity index (χ3v) is 5.17. The lowest BCUT2D eigenvalue weighted by Crippen LogP contribution is -2.10. The first kappa shape index (κ1) is 19.7. The van der Waals surface area contributed by atoms with Gasteiger partial charge in [0.05, 0.1) is 6.61 Å². The minimum atomic E-state index is -1.01. The highest BCUT2D eigenvalue weighted by Crippen LogP contribution is 2.32.